The fourth-order valence-corrected chi connectivity index (χ4v) is 6.66. The Labute approximate surface area is 203 Å². The van der Waals surface area contributed by atoms with Crippen LogP contribution in [-0.2, 0) is 7.05 Å². The Balaban J connectivity index is 1.28. The molecular formula is C26H29N5O2S. The summed E-state index contributed by atoms with van der Waals surface area (Å²) in [5.41, 5.74) is 2.81. The molecule has 3 aliphatic rings. The highest BCUT2D eigenvalue weighted by molar-refractivity contribution is 7.99. The average molecular weight is 476 g/mol. The molecule has 0 amide bonds. The first-order valence-corrected chi connectivity index (χ1v) is 13.1. The van der Waals surface area contributed by atoms with Gasteiger partial charge in [-0.1, -0.05) is 12.5 Å². The van der Waals surface area contributed by atoms with Gasteiger partial charge in [0.05, 0.1) is 10.6 Å². The number of aromatic nitrogens is 3. The molecule has 176 valence electrons. The zero-order chi connectivity index (χ0) is 23.2. The maximum atomic E-state index is 12.0. The summed E-state index contributed by atoms with van der Waals surface area (Å²) in [6, 6.07) is 12.7. The van der Waals surface area contributed by atoms with Crippen molar-refractivity contribution in [1.82, 2.24) is 20.1 Å². The van der Waals surface area contributed by atoms with Gasteiger partial charge in [0, 0.05) is 55.3 Å². The maximum Gasteiger partial charge on any atom is 0.250 e. The van der Waals surface area contributed by atoms with Crippen molar-refractivity contribution in [2.24, 2.45) is 7.05 Å². The third kappa shape index (κ3) is 3.99. The van der Waals surface area contributed by atoms with Crippen LogP contribution in [0.1, 0.15) is 32.1 Å². The fourth-order valence-electron chi connectivity index (χ4n) is 5.67. The van der Waals surface area contributed by atoms with E-state index in [1.807, 2.05) is 30.0 Å². The van der Waals surface area contributed by atoms with Gasteiger partial charge in [0.1, 0.15) is 5.75 Å². The van der Waals surface area contributed by atoms with Gasteiger partial charge in [0.15, 0.2) is 5.82 Å². The van der Waals surface area contributed by atoms with Crippen molar-refractivity contribution in [3.63, 3.8) is 0 Å². The Morgan fingerprint density at radius 2 is 1.85 bits per heavy atom. The highest BCUT2D eigenvalue weighted by Crippen LogP contribution is 2.40. The molecule has 6 rings (SSSR count). The molecule has 8 heteroatoms. The van der Waals surface area contributed by atoms with Gasteiger partial charge >= 0.3 is 0 Å². The Morgan fingerprint density at radius 1 is 1.06 bits per heavy atom. The normalized spacial score (nSPS) is 24.0. The van der Waals surface area contributed by atoms with Gasteiger partial charge in [-0.2, -0.15) is 0 Å². The number of hydrogen-bond acceptors (Lipinski definition) is 7. The third-order valence-corrected chi connectivity index (χ3v) is 8.44. The molecule has 7 nitrogen and oxygen atoms in total. The van der Waals surface area contributed by atoms with Gasteiger partial charge in [-0.3, -0.25) is 4.79 Å². The summed E-state index contributed by atoms with van der Waals surface area (Å²) in [7, 11) is 1.72. The van der Waals surface area contributed by atoms with Crippen molar-refractivity contribution in [3.8, 4) is 28.1 Å². The molecule has 1 aromatic carbocycles. The van der Waals surface area contributed by atoms with Crippen LogP contribution in [0.15, 0.2) is 52.3 Å². The average Bonchev–Trinajstić information content (AvgIpc) is 2.84. The van der Waals surface area contributed by atoms with Crippen LogP contribution >= 0.6 is 11.8 Å². The van der Waals surface area contributed by atoms with E-state index in [0.717, 1.165) is 34.1 Å². The summed E-state index contributed by atoms with van der Waals surface area (Å²) >= 11 is 1.82. The minimum atomic E-state index is -0.0828. The molecule has 2 aromatic heterocycles. The van der Waals surface area contributed by atoms with E-state index in [2.05, 4.69) is 26.5 Å². The third-order valence-electron chi connectivity index (χ3n) is 7.44. The summed E-state index contributed by atoms with van der Waals surface area (Å²) in [4.78, 5) is 15.6. The molecule has 0 saturated carbocycles. The molecule has 2 fully saturated rings. The van der Waals surface area contributed by atoms with E-state index < -0.39 is 0 Å². The Kier molecular flexibility index (Phi) is 5.57. The smallest absolute Gasteiger partial charge is 0.250 e. The highest BCUT2D eigenvalue weighted by Gasteiger charge is 2.36. The number of thioether (sulfide) groups is 1. The molecule has 2 saturated heterocycles. The van der Waals surface area contributed by atoms with E-state index in [0.29, 0.717) is 29.4 Å². The van der Waals surface area contributed by atoms with Crippen LogP contribution in [0.4, 0.5) is 5.82 Å². The summed E-state index contributed by atoms with van der Waals surface area (Å²) < 4.78 is 1.53. The molecule has 3 aliphatic heterocycles. The van der Waals surface area contributed by atoms with Crippen LogP contribution in [0, 0.1) is 0 Å². The summed E-state index contributed by atoms with van der Waals surface area (Å²) in [5.74, 6) is 2.16. The monoisotopic (exact) mass is 475 g/mol. The Bertz CT molecular complexity index is 1280. The van der Waals surface area contributed by atoms with Crippen molar-refractivity contribution in [2.75, 3.05) is 17.2 Å². The lowest BCUT2D eigenvalue weighted by Crippen LogP contribution is -2.55. The van der Waals surface area contributed by atoms with E-state index in [1.54, 1.807) is 25.4 Å². The van der Waals surface area contributed by atoms with Gasteiger partial charge in [-0.15, -0.1) is 22.0 Å². The lowest BCUT2D eigenvalue weighted by Gasteiger charge is -2.46. The number of fused-ring (bicyclic) bond motifs is 3. The molecule has 34 heavy (non-hydrogen) atoms. The van der Waals surface area contributed by atoms with Crippen LogP contribution in [0.5, 0.6) is 5.75 Å². The number of phenolic OH excluding ortho intramolecular Hbond substituents is 1. The van der Waals surface area contributed by atoms with Crippen molar-refractivity contribution < 1.29 is 5.11 Å². The van der Waals surface area contributed by atoms with Crippen molar-refractivity contribution in [3.05, 3.63) is 52.9 Å². The van der Waals surface area contributed by atoms with Crippen molar-refractivity contribution >= 4 is 17.6 Å². The Morgan fingerprint density at radius 3 is 2.62 bits per heavy atom. The standard InChI is InChI=1S/C26H29N5O2S/c1-30-8-7-17(12-25(30)33)16-5-6-21(23(32)11-16)22-15-24-26(29-28-22)31(9-10-34-24)20-13-18-3-2-4-19(14-20)27-18/h5-8,11-12,15,18-20,27,32H,2-4,9-10,13-14H2,1H3/t18-,19+,20-. The Hall–Kier alpha value is -2.84. The predicted octanol–water partition coefficient (Wildman–Crippen LogP) is 3.80. The number of benzene rings is 1. The molecule has 2 N–H and O–H groups in total. The van der Waals surface area contributed by atoms with Crippen LogP contribution < -0.4 is 15.8 Å². The predicted molar refractivity (Wildman–Crippen MR) is 135 cm³/mol. The first-order valence-electron chi connectivity index (χ1n) is 12.1. The minimum absolute atomic E-state index is 0.0828. The first-order chi connectivity index (χ1) is 16.5. The number of pyridine rings is 1. The van der Waals surface area contributed by atoms with Crippen molar-refractivity contribution in [1.29, 1.82) is 0 Å². The molecule has 3 aromatic rings. The van der Waals surface area contributed by atoms with Gasteiger partial charge in [0.25, 0.3) is 5.56 Å². The van der Waals surface area contributed by atoms with Crippen LogP contribution in [0.2, 0.25) is 0 Å². The van der Waals surface area contributed by atoms with Crippen LogP contribution in [-0.4, -0.2) is 50.3 Å². The number of aryl methyl sites for hydroxylation is 1. The number of phenols is 1. The topological polar surface area (TPSA) is 83.3 Å². The van der Waals surface area contributed by atoms with E-state index in [1.165, 1.54) is 36.7 Å². The lowest BCUT2D eigenvalue weighted by atomic mass is 9.83. The second kappa shape index (κ2) is 8.74. The van der Waals surface area contributed by atoms with Gasteiger partial charge in [0.2, 0.25) is 0 Å². The molecule has 0 unspecified atom stereocenters. The number of rotatable bonds is 3. The quantitative estimate of drug-likeness (QED) is 0.596. The highest BCUT2D eigenvalue weighted by atomic mass is 32.2. The van der Waals surface area contributed by atoms with E-state index in [-0.39, 0.29) is 11.3 Å². The number of anilines is 1. The summed E-state index contributed by atoms with van der Waals surface area (Å²) in [5, 5.41) is 23.8. The lowest BCUT2D eigenvalue weighted by molar-refractivity contribution is 0.216. The summed E-state index contributed by atoms with van der Waals surface area (Å²) in [6.07, 6.45) is 7.98. The molecule has 0 radical (unpaired) electrons. The number of hydrogen-bond donors (Lipinski definition) is 2. The number of aromatic hydroxyl groups is 1. The number of nitrogens with one attached hydrogen (secondary N) is 1. The van der Waals surface area contributed by atoms with Gasteiger partial charge < -0.3 is 19.9 Å². The SMILES string of the molecule is Cn1ccc(-c2ccc(-c3cc4c(nn3)N([C@@H]3C[C@H]5CCC[C@@H](C3)N5)CCS4)c(O)c2)cc1=O. The molecule has 0 spiro atoms. The second-order valence-corrected chi connectivity index (χ2v) is 10.8. The van der Waals surface area contributed by atoms with E-state index in [4.69, 9.17) is 0 Å². The van der Waals surface area contributed by atoms with Gasteiger partial charge in [-0.25, -0.2) is 0 Å². The number of nitrogens with zero attached hydrogens (tertiary/aromatic N) is 4. The largest absolute Gasteiger partial charge is 0.507 e. The van der Waals surface area contributed by atoms with Gasteiger partial charge in [-0.05, 0) is 61.1 Å². The first kappa shape index (κ1) is 21.7. The van der Waals surface area contributed by atoms with Crippen LogP contribution in [0.3, 0.4) is 0 Å². The zero-order valence-corrected chi connectivity index (χ0v) is 20.1. The summed E-state index contributed by atoms with van der Waals surface area (Å²) in [6.45, 7) is 1.01. The second-order valence-electron chi connectivity index (χ2n) is 9.67. The molecule has 2 bridgehead atoms. The fraction of sp³-hybridized carbons (Fsp3) is 0.423. The van der Waals surface area contributed by atoms with Crippen molar-refractivity contribution in [2.45, 2.75) is 55.1 Å². The van der Waals surface area contributed by atoms with E-state index in [9.17, 15) is 9.90 Å². The molecule has 0 aliphatic carbocycles. The van der Waals surface area contributed by atoms with E-state index >= 15 is 0 Å². The minimum Gasteiger partial charge on any atom is -0.507 e. The molecule has 3 atom stereocenters. The molecule has 5 heterocycles. The zero-order valence-electron chi connectivity index (χ0n) is 19.3. The maximum absolute atomic E-state index is 12.0. The van der Waals surface area contributed by atoms with Crippen LogP contribution in [0.25, 0.3) is 22.4 Å². The number of piperidine rings is 2. The molecular weight excluding hydrogens is 446 g/mol.